The molecule has 1 aromatic rings. The average Bonchev–Trinajstić information content (AvgIpc) is 2.06. The molecular formula is C10H11ClO2. The van der Waals surface area contributed by atoms with Crippen molar-refractivity contribution in [1.29, 1.82) is 0 Å². The fourth-order valence-electron chi connectivity index (χ4n) is 1.09. The molecule has 3 heteroatoms. The molecule has 0 saturated carbocycles. The van der Waals surface area contributed by atoms with Crippen LogP contribution >= 0.6 is 11.6 Å². The monoisotopic (exact) mass is 198 g/mol. The summed E-state index contributed by atoms with van der Waals surface area (Å²) in [4.78, 5) is 10.4. The first kappa shape index (κ1) is 10.1. The molecule has 0 aromatic heterocycles. The number of hydrogen-bond donors (Lipinski definition) is 0. The Balaban J connectivity index is 2.75. The number of benzene rings is 1. The lowest BCUT2D eigenvalue weighted by molar-refractivity contribution is 0.167. The van der Waals surface area contributed by atoms with Crippen molar-refractivity contribution in [2.45, 2.75) is 20.5 Å². The Morgan fingerprint density at radius 3 is 2.77 bits per heavy atom. The SMILES string of the molecule is Cc1ccc(C)c(COC(=O)Cl)c1. The molecule has 1 rings (SSSR count). The van der Waals surface area contributed by atoms with E-state index in [1.54, 1.807) is 0 Å². The van der Waals surface area contributed by atoms with E-state index in [1.807, 2.05) is 32.0 Å². The smallest absolute Gasteiger partial charge is 0.404 e. The largest absolute Gasteiger partial charge is 0.449 e. The van der Waals surface area contributed by atoms with E-state index in [0.717, 1.165) is 16.7 Å². The second-order valence-electron chi connectivity index (χ2n) is 2.96. The zero-order chi connectivity index (χ0) is 9.84. The van der Waals surface area contributed by atoms with Gasteiger partial charge in [-0.1, -0.05) is 23.8 Å². The second-order valence-corrected chi connectivity index (χ2v) is 3.26. The van der Waals surface area contributed by atoms with Gasteiger partial charge in [-0.15, -0.1) is 0 Å². The summed E-state index contributed by atoms with van der Waals surface area (Å²) < 4.78 is 4.69. The lowest BCUT2D eigenvalue weighted by atomic mass is 10.1. The van der Waals surface area contributed by atoms with Crippen LogP contribution in [0, 0.1) is 13.8 Å². The van der Waals surface area contributed by atoms with Gasteiger partial charge in [0.2, 0.25) is 0 Å². The lowest BCUT2D eigenvalue weighted by Crippen LogP contribution is -1.97. The van der Waals surface area contributed by atoms with Gasteiger partial charge in [-0.3, -0.25) is 0 Å². The molecule has 0 spiro atoms. The maximum atomic E-state index is 10.4. The Bertz CT molecular complexity index is 321. The van der Waals surface area contributed by atoms with Crippen molar-refractivity contribution >= 4 is 17.0 Å². The summed E-state index contributed by atoms with van der Waals surface area (Å²) in [7, 11) is 0. The normalized spacial score (nSPS) is 9.77. The minimum atomic E-state index is -0.763. The highest BCUT2D eigenvalue weighted by atomic mass is 35.5. The molecule has 1 aromatic carbocycles. The number of aryl methyl sites for hydroxylation is 2. The number of carbonyl (C=O) groups is 1. The molecule has 0 aliphatic rings. The molecule has 70 valence electrons. The second kappa shape index (κ2) is 4.28. The molecule has 0 atom stereocenters. The predicted molar refractivity (Wildman–Crippen MR) is 52.0 cm³/mol. The molecule has 0 amide bonds. The average molecular weight is 199 g/mol. The highest BCUT2D eigenvalue weighted by molar-refractivity contribution is 6.61. The van der Waals surface area contributed by atoms with E-state index in [1.165, 1.54) is 0 Å². The van der Waals surface area contributed by atoms with Crippen LogP contribution in [0.1, 0.15) is 16.7 Å². The Labute approximate surface area is 82.5 Å². The first-order valence-electron chi connectivity index (χ1n) is 3.98. The van der Waals surface area contributed by atoms with Crippen molar-refractivity contribution in [2.75, 3.05) is 0 Å². The third kappa shape index (κ3) is 3.07. The van der Waals surface area contributed by atoms with Crippen LogP contribution in [-0.4, -0.2) is 5.43 Å². The van der Waals surface area contributed by atoms with Gasteiger partial charge >= 0.3 is 5.43 Å². The molecule has 0 bridgehead atoms. The van der Waals surface area contributed by atoms with Gasteiger partial charge in [0.25, 0.3) is 0 Å². The van der Waals surface area contributed by atoms with E-state index in [9.17, 15) is 4.79 Å². The maximum Gasteiger partial charge on any atom is 0.404 e. The highest BCUT2D eigenvalue weighted by Gasteiger charge is 2.01. The van der Waals surface area contributed by atoms with E-state index >= 15 is 0 Å². The molecule has 0 unspecified atom stereocenters. The van der Waals surface area contributed by atoms with Crippen LogP contribution in [0.3, 0.4) is 0 Å². The summed E-state index contributed by atoms with van der Waals surface area (Å²) in [6.07, 6.45) is 0. The Morgan fingerprint density at radius 1 is 1.46 bits per heavy atom. The Hall–Kier alpha value is -1.02. The van der Waals surface area contributed by atoms with E-state index < -0.39 is 5.43 Å². The molecule has 2 nitrogen and oxygen atoms in total. The van der Waals surface area contributed by atoms with Gasteiger partial charge in [0.15, 0.2) is 0 Å². The Morgan fingerprint density at radius 2 is 2.15 bits per heavy atom. The zero-order valence-electron chi connectivity index (χ0n) is 7.63. The molecule has 13 heavy (non-hydrogen) atoms. The first-order chi connectivity index (χ1) is 6.09. The first-order valence-corrected chi connectivity index (χ1v) is 4.36. The van der Waals surface area contributed by atoms with Crippen LogP contribution in [0.5, 0.6) is 0 Å². The van der Waals surface area contributed by atoms with Crippen molar-refractivity contribution in [3.8, 4) is 0 Å². The third-order valence-electron chi connectivity index (χ3n) is 1.85. The van der Waals surface area contributed by atoms with Crippen molar-refractivity contribution in [2.24, 2.45) is 0 Å². The summed E-state index contributed by atoms with van der Waals surface area (Å²) in [6.45, 7) is 4.21. The van der Waals surface area contributed by atoms with Gasteiger partial charge in [0, 0.05) is 11.6 Å². The van der Waals surface area contributed by atoms with Crippen LogP contribution in [0.4, 0.5) is 4.79 Å². The van der Waals surface area contributed by atoms with Crippen LogP contribution < -0.4 is 0 Å². The molecule has 0 N–H and O–H groups in total. The van der Waals surface area contributed by atoms with Crippen molar-refractivity contribution in [1.82, 2.24) is 0 Å². The van der Waals surface area contributed by atoms with E-state index in [4.69, 9.17) is 16.3 Å². The van der Waals surface area contributed by atoms with Gasteiger partial charge in [0.05, 0.1) is 0 Å². The van der Waals surface area contributed by atoms with Crippen LogP contribution in [0.2, 0.25) is 0 Å². The van der Waals surface area contributed by atoms with Gasteiger partial charge in [-0.05, 0) is 25.0 Å². The van der Waals surface area contributed by atoms with Crippen LogP contribution in [0.15, 0.2) is 18.2 Å². The fourth-order valence-corrected chi connectivity index (χ4v) is 1.14. The van der Waals surface area contributed by atoms with Crippen molar-refractivity contribution in [3.05, 3.63) is 34.9 Å². The van der Waals surface area contributed by atoms with Gasteiger partial charge in [-0.25, -0.2) is 4.79 Å². The van der Waals surface area contributed by atoms with Gasteiger partial charge in [0.1, 0.15) is 6.61 Å². The molecule has 0 radical (unpaired) electrons. The predicted octanol–water partition coefficient (Wildman–Crippen LogP) is 3.18. The summed E-state index contributed by atoms with van der Waals surface area (Å²) in [5.74, 6) is 0. The number of carbonyl (C=O) groups excluding carboxylic acids is 1. The standard InChI is InChI=1S/C10H11ClO2/c1-7-3-4-8(2)9(5-7)6-13-10(11)12/h3-5H,6H2,1-2H3. The molecule has 0 aliphatic carbocycles. The molecule has 0 heterocycles. The van der Waals surface area contributed by atoms with E-state index in [0.29, 0.717) is 0 Å². The molecule has 0 fully saturated rings. The number of hydrogen-bond acceptors (Lipinski definition) is 2. The molecular weight excluding hydrogens is 188 g/mol. The third-order valence-corrected chi connectivity index (χ3v) is 1.95. The highest BCUT2D eigenvalue weighted by Crippen LogP contribution is 2.12. The minimum absolute atomic E-state index is 0.246. The lowest BCUT2D eigenvalue weighted by Gasteiger charge is -2.05. The summed E-state index contributed by atoms with van der Waals surface area (Å²) >= 11 is 5.06. The Kier molecular flexibility index (Phi) is 3.32. The van der Waals surface area contributed by atoms with Crippen LogP contribution in [-0.2, 0) is 11.3 Å². The fraction of sp³-hybridized carbons (Fsp3) is 0.300. The summed E-state index contributed by atoms with van der Waals surface area (Å²) in [5, 5.41) is 0. The summed E-state index contributed by atoms with van der Waals surface area (Å²) in [6, 6.07) is 5.99. The minimum Gasteiger partial charge on any atom is -0.449 e. The van der Waals surface area contributed by atoms with Gasteiger partial charge < -0.3 is 4.74 Å². The number of rotatable bonds is 2. The molecule has 0 saturated heterocycles. The number of halogens is 1. The summed E-state index contributed by atoms with van der Waals surface area (Å²) in [5.41, 5.74) is 2.48. The maximum absolute atomic E-state index is 10.4. The quantitative estimate of drug-likeness (QED) is 0.683. The van der Waals surface area contributed by atoms with Crippen molar-refractivity contribution < 1.29 is 9.53 Å². The topological polar surface area (TPSA) is 26.3 Å². The van der Waals surface area contributed by atoms with Gasteiger partial charge in [-0.2, -0.15) is 0 Å². The van der Waals surface area contributed by atoms with E-state index in [2.05, 4.69) is 0 Å². The number of ether oxygens (including phenoxy) is 1. The van der Waals surface area contributed by atoms with E-state index in [-0.39, 0.29) is 6.61 Å². The molecule has 0 aliphatic heterocycles. The zero-order valence-corrected chi connectivity index (χ0v) is 8.39. The van der Waals surface area contributed by atoms with Crippen molar-refractivity contribution in [3.63, 3.8) is 0 Å². The van der Waals surface area contributed by atoms with Crippen LogP contribution in [0.25, 0.3) is 0 Å².